The van der Waals surface area contributed by atoms with E-state index in [1.807, 2.05) is 46.7 Å². The van der Waals surface area contributed by atoms with Crippen LogP contribution in [0.15, 0.2) is 53.9 Å². The Bertz CT molecular complexity index is 956. The molecule has 138 valence electrons. The predicted octanol–water partition coefficient (Wildman–Crippen LogP) is 3.43. The average molecular weight is 379 g/mol. The number of hydrogen-bond acceptors (Lipinski definition) is 5. The van der Waals surface area contributed by atoms with E-state index in [4.69, 9.17) is 0 Å². The number of aromatic nitrogens is 4. The van der Waals surface area contributed by atoms with Gasteiger partial charge in [-0.25, -0.2) is 0 Å². The molecule has 4 rings (SSSR count). The van der Waals surface area contributed by atoms with Gasteiger partial charge >= 0.3 is 0 Å². The van der Waals surface area contributed by atoms with E-state index in [2.05, 4.69) is 28.2 Å². The number of anilines is 1. The number of amides is 1. The lowest BCUT2D eigenvalue weighted by Crippen LogP contribution is -2.35. The summed E-state index contributed by atoms with van der Waals surface area (Å²) in [4.78, 5) is 19.0. The first-order chi connectivity index (χ1) is 13.2. The molecular formula is C20H21N5OS. The topological polar surface area (TPSA) is 63.9 Å². The van der Waals surface area contributed by atoms with Crippen LogP contribution in [0.2, 0.25) is 0 Å². The monoisotopic (exact) mass is 379 g/mol. The Hall–Kier alpha value is -2.67. The van der Waals surface area contributed by atoms with Gasteiger partial charge in [0.25, 0.3) is 0 Å². The number of carbonyl (C=O) groups is 1. The molecular weight excluding hydrogens is 358 g/mol. The molecule has 27 heavy (non-hydrogen) atoms. The van der Waals surface area contributed by atoms with Crippen molar-refractivity contribution in [1.29, 1.82) is 0 Å². The second-order valence-corrected chi connectivity index (χ2v) is 7.72. The van der Waals surface area contributed by atoms with Crippen molar-refractivity contribution in [3.8, 4) is 11.4 Å². The summed E-state index contributed by atoms with van der Waals surface area (Å²) in [7, 11) is 0. The van der Waals surface area contributed by atoms with Crippen LogP contribution in [0.4, 0.5) is 5.69 Å². The summed E-state index contributed by atoms with van der Waals surface area (Å²) < 4.78 is 2.04. The van der Waals surface area contributed by atoms with Gasteiger partial charge in [-0.1, -0.05) is 30.0 Å². The van der Waals surface area contributed by atoms with Gasteiger partial charge in [0.15, 0.2) is 11.0 Å². The van der Waals surface area contributed by atoms with E-state index in [-0.39, 0.29) is 11.2 Å². The molecule has 0 spiro atoms. The van der Waals surface area contributed by atoms with Crippen LogP contribution < -0.4 is 4.90 Å². The van der Waals surface area contributed by atoms with Gasteiger partial charge in [0.05, 0.1) is 5.25 Å². The van der Waals surface area contributed by atoms with E-state index in [9.17, 15) is 4.79 Å². The Morgan fingerprint density at radius 2 is 1.96 bits per heavy atom. The molecule has 1 atom stereocenters. The van der Waals surface area contributed by atoms with Gasteiger partial charge in [-0.2, -0.15) is 0 Å². The third-order valence-electron chi connectivity index (χ3n) is 4.75. The SMILES string of the molecule is CCn1c(S[C@@H](C)C(=O)N2CCc3ccccc32)nnc1-c1ccncc1. The molecule has 0 saturated heterocycles. The number of carbonyl (C=O) groups excluding carboxylic acids is 1. The van der Waals surface area contributed by atoms with E-state index in [0.29, 0.717) is 0 Å². The maximum absolute atomic E-state index is 13.0. The Kier molecular flexibility index (Phi) is 4.94. The molecule has 1 aliphatic heterocycles. The zero-order valence-electron chi connectivity index (χ0n) is 15.4. The van der Waals surface area contributed by atoms with Gasteiger partial charge in [-0.05, 0) is 44.0 Å². The van der Waals surface area contributed by atoms with E-state index < -0.39 is 0 Å². The lowest BCUT2D eigenvalue weighted by molar-refractivity contribution is -0.117. The van der Waals surface area contributed by atoms with Crippen molar-refractivity contribution in [3.05, 3.63) is 54.4 Å². The first-order valence-corrected chi connectivity index (χ1v) is 9.96. The maximum atomic E-state index is 13.0. The summed E-state index contributed by atoms with van der Waals surface area (Å²) >= 11 is 1.46. The Morgan fingerprint density at radius 3 is 2.74 bits per heavy atom. The van der Waals surface area contributed by atoms with Crippen LogP contribution in [-0.2, 0) is 17.8 Å². The minimum atomic E-state index is -0.240. The standard InChI is InChI=1S/C20H21N5OS/c1-3-24-18(16-8-11-21-12-9-16)22-23-20(24)27-14(2)19(26)25-13-10-15-6-4-5-7-17(15)25/h4-9,11-12,14H,3,10,13H2,1-2H3/t14-/m0/s1. The molecule has 0 radical (unpaired) electrons. The molecule has 0 aliphatic carbocycles. The minimum absolute atomic E-state index is 0.112. The maximum Gasteiger partial charge on any atom is 0.240 e. The zero-order chi connectivity index (χ0) is 18.8. The van der Waals surface area contributed by atoms with E-state index in [1.165, 1.54) is 17.3 Å². The van der Waals surface area contributed by atoms with Gasteiger partial charge in [0.1, 0.15) is 0 Å². The largest absolute Gasteiger partial charge is 0.311 e. The lowest BCUT2D eigenvalue weighted by Gasteiger charge is -2.21. The first-order valence-electron chi connectivity index (χ1n) is 9.08. The highest BCUT2D eigenvalue weighted by Crippen LogP contribution is 2.32. The summed E-state index contributed by atoms with van der Waals surface area (Å²) in [5, 5.41) is 9.21. The number of thioether (sulfide) groups is 1. The van der Waals surface area contributed by atoms with Crippen molar-refractivity contribution in [1.82, 2.24) is 19.7 Å². The molecule has 6 nitrogen and oxygen atoms in total. The first kappa shape index (κ1) is 17.7. The van der Waals surface area contributed by atoms with Crippen molar-refractivity contribution in [2.45, 2.75) is 37.2 Å². The molecule has 0 unspecified atom stereocenters. The Morgan fingerprint density at radius 1 is 1.19 bits per heavy atom. The molecule has 2 aromatic heterocycles. The normalized spacial score (nSPS) is 14.2. The van der Waals surface area contributed by atoms with Crippen molar-refractivity contribution >= 4 is 23.4 Å². The molecule has 0 N–H and O–H groups in total. The Labute approximate surface area is 162 Å². The summed E-state index contributed by atoms with van der Waals surface area (Å²) in [5.41, 5.74) is 3.24. The molecule has 1 amide bonds. The third-order valence-corrected chi connectivity index (χ3v) is 5.82. The second kappa shape index (κ2) is 7.52. The fraction of sp³-hybridized carbons (Fsp3) is 0.300. The van der Waals surface area contributed by atoms with Crippen LogP contribution >= 0.6 is 11.8 Å². The fourth-order valence-electron chi connectivity index (χ4n) is 3.37. The number of fused-ring (bicyclic) bond motifs is 1. The lowest BCUT2D eigenvalue weighted by atomic mass is 10.2. The highest BCUT2D eigenvalue weighted by Gasteiger charge is 2.29. The van der Waals surface area contributed by atoms with Crippen LogP contribution in [0.25, 0.3) is 11.4 Å². The molecule has 0 bridgehead atoms. The molecule has 0 saturated carbocycles. The molecule has 1 aromatic carbocycles. The van der Waals surface area contributed by atoms with Crippen molar-refractivity contribution < 1.29 is 4.79 Å². The summed E-state index contributed by atoms with van der Waals surface area (Å²) in [6.45, 7) is 5.47. The highest BCUT2D eigenvalue weighted by atomic mass is 32.2. The van der Waals surface area contributed by atoms with Gasteiger partial charge in [-0.3, -0.25) is 9.78 Å². The van der Waals surface area contributed by atoms with Gasteiger partial charge in [0.2, 0.25) is 5.91 Å². The molecule has 0 fully saturated rings. The minimum Gasteiger partial charge on any atom is -0.311 e. The van der Waals surface area contributed by atoms with Gasteiger partial charge in [0, 0.05) is 36.7 Å². The van der Waals surface area contributed by atoms with Crippen molar-refractivity contribution in [2.24, 2.45) is 0 Å². The van der Waals surface area contributed by atoms with Crippen LogP contribution in [0.1, 0.15) is 19.4 Å². The van der Waals surface area contributed by atoms with E-state index in [0.717, 1.165) is 41.7 Å². The van der Waals surface area contributed by atoms with E-state index >= 15 is 0 Å². The zero-order valence-corrected chi connectivity index (χ0v) is 16.2. The number of nitrogens with zero attached hydrogens (tertiary/aromatic N) is 5. The number of pyridine rings is 1. The predicted molar refractivity (Wildman–Crippen MR) is 107 cm³/mol. The molecule has 3 heterocycles. The van der Waals surface area contributed by atoms with Crippen LogP contribution in [0, 0.1) is 0 Å². The molecule has 3 aromatic rings. The summed E-state index contributed by atoms with van der Waals surface area (Å²) in [6.07, 6.45) is 4.40. The van der Waals surface area contributed by atoms with Crippen LogP contribution in [0.3, 0.4) is 0 Å². The average Bonchev–Trinajstić information content (AvgIpc) is 3.32. The smallest absolute Gasteiger partial charge is 0.240 e. The van der Waals surface area contributed by atoms with E-state index in [1.54, 1.807) is 12.4 Å². The van der Waals surface area contributed by atoms with Crippen LogP contribution in [-0.4, -0.2) is 37.5 Å². The summed E-state index contributed by atoms with van der Waals surface area (Å²) in [5.74, 6) is 0.912. The van der Waals surface area contributed by atoms with Crippen LogP contribution in [0.5, 0.6) is 0 Å². The quantitative estimate of drug-likeness (QED) is 0.636. The highest BCUT2D eigenvalue weighted by molar-refractivity contribution is 8.00. The molecule has 1 aliphatic rings. The van der Waals surface area contributed by atoms with Crippen molar-refractivity contribution in [2.75, 3.05) is 11.4 Å². The molecule has 7 heteroatoms. The van der Waals surface area contributed by atoms with Crippen molar-refractivity contribution in [3.63, 3.8) is 0 Å². The number of benzene rings is 1. The second-order valence-electron chi connectivity index (χ2n) is 6.41. The Balaban J connectivity index is 1.54. The third kappa shape index (κ3) is 3.35. The fourth-order valence-corrected chi connectivity index (χ4v) is 4.35. The number of rotatable bonds is 5. The van der Waals surface area contributed by atoms with Gasteiger partial charge < -0.3 is 9.47 Å². The number of para-hydroxylation sites is 1. The summed E-state index contributed by atoms with van der Waals surface area (Å²) in [6, 6.07) is 12.0. The number of hydrogen-bond donors (Lipinski definition) is 0. The van der Waals surface area contributed by atoms with Gasteiger partial charge in [-0.15, -0.1) is 10.2 Å².